The number of hydrogen-bond acceptors (Lipinski definition) is 4. The van der Waals surface area contributed by atoms with E-state index in [0.717, 1.165) is 10.0 Å². The van der Waals surface area contributed by atoms with Crippen molar-refractivity contribution in [3.05, 3.63) is 46.0 Å². The quantitative estimate of drug-likeness (QED) is 0.945. The second kappa shape index (κ2) is 4.58. The monoisotopic (exact) mass is 295 g/mol. The maximum Gasteiger partial charge on any atom is 0.231 e. The molecular weight excluding hydrogens is 282 g/mol. The lowest BCUT2D eigenvalue weighted by atomic mass is 10.1. The molecule has 0 aliphatic carbocycles. The van der Waals surface area contributed by atoms with Gasteiger partial charge >= 0.3 is 0 Å². The summed E-state index contributed by atoms with van der Waals surface area (Å²) in [5, 5.41) is 3.88. The highest BCUT2D eigenvalue weighted by atomic mass is 79.9. The van der Waals surface area contributed by atoms with Gasteiger partial charge in [-0.1, -0.05) is 33.2 Å². The van der Waals surface area contributed by atoms with Crippen molar-refractivity contribution in [2.24, 2.45) is 5.73 Å². The normalized spacial score (nSPS) is 11.8. The van der Waals surface area contributed by atoms with Gasteiger partial charge in [0.2, 0.25) is 5.89 Å². The maximum absolute atomic E-state index is 5.90. The zero-order chi connectivity index (χ0) is 12.5. The second-order valence-electron chi connectivity index (χ2n) is 4.54. The molecule has 2 aromatic rings. The van der Waals surface area contributed by atoms with Gasteiger partial charge in [-0.15, -0.1) is 0 Å². The fourth-order valence-corrected chi connectivity index (χ4v) is 1.86. The predicted octanol–water partition coefficient (Wildman–Crippen LogP) is 2.62. The molecular formula is C12H14BrN3O. The Morgan fingerprint density at radius 2 is 2.18 bits per heavy atom. The Kier molecular flexibility index (Phi) is 3.31. The van der Waals surface area contributed by atoms with E-state index >= 15 is 0 Å². The Morgan fingerprint density at radius 3 is 2.76 bits per heavy atom. The van der Waals surface area contributed by atoms with Crippen LogP contribution in [0.2, 0.25) is 0 Å². The van der Waals surface area contributed by atoms with E-state index in [2.05, 4.69) is 26.1 Å². The minimum atomic E-state index is -0.570. The van der Waals surface area contributed by atoms with Gasteiger partial charge in [0.05, 0.1) is 12.0 Å². The van der Waals surface area contributed by atoms with Gasteiger partial charge in [-0.25, -0.2) is 0 Å². The van der Waals surface area contributed by atoms with Gasteiger partial charge in [-0.2, -0.15) is 4.98 Å². The lowest BCUT2D eigenvalue weighted by molar-refractivity contribution is 0.365. The van der Waals surface area contributed by atoms with Gasteiger partial charge in [0.1, 0.15) is 0 Å². The van der Waals surface area contributed by atoms with Crippen LogP contribution in [0.3, 0.4) is 0 Å². The molecule has 2 N–H and O–H groups in total. The van der Waals surface area contributed by atoms with E-state index in [9.17, 15) is 0 Å². The first-order valence-corrected chi connectivity index (χ1v) is 6.11. The molecule has 0 aliphatic heterocycles. The van der Waals surface area contributed by atoms with Crippen LogP contribution in [-0.4, -0.2) is 10.1 Å². The summed E-state index contributed by atoms with van der Waals surface area (Å²) < 4.78 is 6.21. The first-order valence-electron chi connectivity index (χ1n) is 5.31. The van der Waals surface area contributed by atoms with Gasteiger partial charge in [0, 0.05) is 4.47 Å². The smallest absolute Gasteiger partial charge is 0.231 e. The molecule has 0 radical (unpaired) electrons. The van der Waals surface area contributed by atoms with Crippen LogP contribution in [0, 0.1) is 0 Å². The van der Waals surface area contributed by atoms with E-state index in [0.29, 0.717) is 18.1 Å². The van der Waals surface area contributed by atoms with E-state index in [1.807, 2.05) is 38.1 Å². The van der Waals surface area contributed by atoms with Gasteiger partial charge in [0.15, 0.2) is 5.82 Å². The van der Waals surface area contributed by atoms with Crippen molar-refractivity contribution in [3.8, 4) is 0 Å². The largest absolute Gasteiger partial charge is 0.339 e. The third kappa shape index (κ3) is 3.14. The number of benzene rings is 1. The van der Waals surface area contributed by atoms with Crippen molar-refractivity contribution in [2.45, 2.75) is 25.8 Å². The van der Waals surface area contributed by atoms with Crippen LogP contribution < -0.4 is 5.73 Å². The van der Waals surface area contributed by atoms with E-state index in [1.165, 1.54) is 0 Å². The number of aromatic nitrogens is 2. The summed E-state index contributed by atoms with van der Waals surface area (Å²) in [5.74, 6) is 1.11. The molecule has 0 unspecified atom stereocenters. The summed E-state index contributed by atoms with van der Waals surface area (Å²) in [6.07, 6.45) is 0.614. The third-order valence-electron chi connectivity index (χ3n) is 2.29. The minimum absolute atomic E-state index is 0.530. The lowest BCUT2D eigenvalue weighted by Crippen LogP contribution is -2.30. The maximum atomic E-state index is 5.90. The summed E-state index contributed by atoms with van der Waals surface area (Å²) >= 11 is 3.43. The summed E-state index contributed by atoms with van der Waals surface area (Å²) in [4.78, 5) is 4.29. The van der Waals surface area contributed by atoms with Crippen molar-refractivity contribution in [3.63, 3.8) is 0 Å². The predicted molar refractivity (Wildman–Crippen MR) is 68.5 cm³/mol. The molecule has 2 rings (SSSR count). The summed E-state index contributed by atoms with van der Waals surface area (Å²) in [6, 6.07) is 8.00. The summed E-state index contributed by atoms with van der Waals surface area (Å²) in [5.41, 5.74) is 6.44. The summed E-state index contributed by atoms with van der Waals surface area (Å²) in [6.45, 7) is 3.70. The zero-order valence-corrected chi connectivity index (χ0v) is 11.4. The van der Waals surface area contributed by atoms with Crippen molar-refractivity contribution in [1.82, 2.24) is 10.1 Å². The molecule has 0 atom stereocenters. The van der Waals surface area contributed by atoms with Gasteiger partial charge in [-0.3, -0.25) is 0 Å². The van der Waals surface area contributed by atoms with Crippen LogP contribution in [0.1, 0.15) is 31.1 Å². The first-order chi connectivity index (χ1) is 7.95. The molecule has 1 aromatic carbocycles. The molecule has 5 heteroatoms. The zero-order valence-electron chi connectivity index (χ0n) is 9.77. The number of nitrogens with two attached hydrogens (primary N) is 1. The molecule has 0 amide bonds. The topological polar surface area (TPSA) is 64.9 Å². The highest BCUT2D eigenvalue weighted by Crippen LogP contribution is 2.17. The molecule has 4 nitrogen and oxygen atoms in total. The first kappa shape index (κ1) is 12.3. The molecule has 0 spiro atoms. The number of hydrogen-bond donors (Lipinski definition) is 1. The number of nitrogens with zero attached hydrogens (tertiary/aromatic N) is 2. The highest BCUT2D eigenvalue weighted by Gasteiger charge is 2.21. The highest BCUT2D eigenvalue weighted by molar-refractivity contribution is 9.10. The molecule has 0 bridgehead atoms. The van der Waals surface area contributed by atoms with Crippen LogP contribution >= 0.6 is 15.9 Å². The van der Waals surface area contributed by atoms with Gasteiger partial charge in [-0.05, 0) is 31.5 Å². The van der Waals surface area contributed by atoms with Crippen molar-refractivity contribution < 1.29 is 4.52 Å². The molecule has 0 fully saturated rings. The fourth-order valence-electron chi connectivity index (χ4n) is 1.41. The Morgan fingerprint density at radius 1 is 1.41 bits per heavy atom. The summed E-state index contributed by atoms with van der Waals surface area (Å²) in [7, 11) is 0. The average molecular weight is 296 g/mol. The number of halogens is 1. The Bertz CT molecular complexity index is 516. The average Bonchev–Trinajstić information content (AvgIpc) is 2.65. The second-order valence-corrected chi connectivity index (χ2v) is 5.46. The molecule has 17 heavy (non-hydrogen) atoms. The molecule has 90 valence electrons. The van der Waals surface area contributed by atoms with E-state index < -0.39 is 5.54 Å². The van der Waals surface area contributed by atoms with E-state index in [4.69, 9.17) is 10.3 Å². The van der Waals surface area contributed by atoms with E-state index in [-0.39, 0.29) is 0 Å². The van der Waals surface area contributed by atoms with Crippen LogP contribution in [0.15, 0.2) is 33.3 Å². The van der Waals surface area contributed by atoms with Crippen molar-refractivity contribution in [2.75, 3.05) is 0 Å². The molecule has 1 aromatic heterocycles. The van der Waals surface area contributed by atoms with Crippen molar-refractivity contribution in [1.29, 1.82) is 0 Å². The van der Waals surface area contributed by atoms with Gasteiger partial charge < -0.3 is 10.3 Å². The van der Waals surface area contributed by atoms with Gasteiger partial charge in [0.25, 0.3) is 0 Å². The number of rotatable bonds is 3. The third-order valence-corrected chi connectivity index (χ3v) is 2.78. The van der Waals surface area contributed by atoms with Crippen LogP contribution in [0.25, 0.3) is 0 Å². The molecule has 0 aliphatic rings. The standard InChI is InChI=1S/C12H14BrN3O/c1-12(2,14)11-15-10(17-16-11)7-8-4-3-5-9(13)6-8/h3-6H,7,14H2,1-2H3. The molecule has 1 heterocycles. The SMILES string of the molecule is CC(C)(N)c1noc(Cc2cccc(Br)c2)n1. The Hall–Kier alpha value is -1.20. The van der Waals surface area contributed by atoms with E-state index in [1.54, 1.807) is 0 Å². The van der Waals surface area contributed by atoms with Crippen LogP contribution in [-0.2, 0) is 12.0 Å². The Balaban J connectivity index is 2.17. The van der Waals surface area contributed by atoms with Crippen LogP contribution in [0.5, 0.6) is 0 Å². The lowest BCUT2D eigenvalue weighted by Gasteiger charge is -2.11. The minimum Gasteiger partial charge on any atom is -0.339 e. The molecule has 0 saturated carbocycles. The van der Waals surface area contributed by atoms with Crippen molar-refractivity contribution >= 4 is 15.9 Å². The van der Waals surface area contributed by atoms with Crippen LogP contribution in [0.4, 0.5) is 0 Å². The fraction of sp³-hybridized carbons (Fsp3) is 0.333. The Labute approximate surface area is 108 Å². The molecule has 0 saturated heterocycles.